The van der Waals surface area contributed by atoms with Crippen LogP contribution in [0.15, 0.2) is 67.0 Å². The second-order valence-corrected chi connectivity index (χ2v) is 8.21. The number of hydrogen-bond acceptors (Lipinski definition) is 7. The minimum Gasteiger partial charge on any atom is -0.332 e. The number of aromatic nitrogens is 5. The predicted octanol–water partition coefficient (Wildman–Crippen LogP) is 0.873. The van der Waals surface area contributed by atoms with E-state index in [1.807, 2.05) is 0 Å². The Morgan fingerprint density at radius 2 is 1.74 bits per heavy atom. The van der Waals surface area contributed by atoms with E-state index in [-0.39, 0.29) is 12.2 Å². The van der Waals surface area contributed by atoms with E-state index in [4.69, 9.17) is 17.4 Å². The van der Waals surface area contributed by atoms with Crippen molar-refractivity contribution in [3.8, 4) is 0 Å². The van der Waals surface area contributed by atoms with Gasteiger partial charge in [-0.15, -0.1) is 4.91 Å². The van der Waals surface area contributed by atoms with Crippen molar-refractivity contribution >= 4 is 34.2 Å². The van der Waals surface area contributed by atoms with Crippen LogP contribution < -0.4 is 28.5 Å². The van der Waals surface area contributed by atoms with Gasteiger partial charge in [0.1, 0.15) is 0 Å². The predicted molar refractivity (Wildman–Crippen MR) is 128 cm³/mol. The summed E-state index contributed by atoms with van der Waals surface area (Å²) in [4.78, 5) is 69.7. The minimum atomic E-state index is -1.01. The van der Waals surface area contributed by atoms with Gasteiger partial charge in [0, 0.05) is 16.2 Å². The maximum Gasteiger partial charge on any atom is 0.354 e. The summed E-state index contributed by atoms with van der Waals surface area (Å²) in [5.41, 5.74) is -0.351. The highest BCUT2D eigenvalue weighted by Gasteiger charge is 2.20. The van der Waals surface area contributed by atoms with Crippen LogP contribution in [-0.4, -0.2) is 29.7 Å². The fraction of sp³-hybridized carbons (Fsp3) is 0.190. The summed E-state index contributed by atoms with van der Waals surface area (Å²) in [6, 6.07) is 10.4. The van der Waals surface area contributed by atoms with Crippen LogP contribution in [0.1, 0.15) is 24.9 Å². The molecule has 4 N–H and O–H groups in total. The smallest absolute Gasteiger partial charge is 0.332 e. The summed E-state index contributed by atoms with van der Waals surface area (Å²) in [6.45, 7) is 1.38. The van der Waals surface area contributed by atoms with Crippen LogP contribution in [0.4, 0.5) is 5.69 Å². The third-order valence-electron chi connectivity index (χ3n) is 5.30. The Hall–Kier alpha value is -4.52. The number of nitrogen functional groups attached to an aromatic ring is 1. The van der Waals surface area contributed by atoms with Gasteiger partial charge in [-0.2, -0.15) is 4.68 Å². The number of nitrogens with zero attached hydrogens (tertiary/aromatic N) is 5. The molecule has 0 aliphatic carbocycles. The van der Waals surface area contributed by atoms with Crippen molar-refractivity contribution in [2.45, 2.75) is 25.9 Å². The van der Waals surface area contributed by atoms with E-state index < -0.39 is 35.4 Å². The lowest BCUT2D eigenvalue weighted by Crippen LogP contribution is -2.58. The molecule has 13 nitrogen and oxygen atoms in total. The molecule has 0 aliphatic heterocycles. The number of rotatable bonds is 6. The number of nitrogens with one attached hydrogen (secondary N) is 2. The quantitative estimate of drug-likeness (QED) is 0.261. The molecular formula is C21H19ClN8O5. The van der Waals surface area contributed by atoms with E-state index in [9.17, 15) is 24.1 Å². The summed E-state index contributed by atoms with van der Waals surface area (Å²) in [5.74, 6) is 5.06. The highest BCUT2D eigenvalue weighted by atomic mass is 35.5. The van der Waals surface area contributed by atoms with Gasteiger partial charge in [0.05, 0.1) is 29.7 Å². The van der Waals surface area contributed by atoms with Gasteiger partial charge in [0.15, 0.2) is 0 Å². The topological polar surface area (TPSA) is 182 Å². The van der Waals surface area contributed by atoms with Crippen LogP contribution in [0.25, 0.3) is 11.0 Å². The lowest BCUT2D eigenvalue weighted by molar-refractivity contribution is -0.118. The van der Waals surface area contributed by atoms with E-state index in [2.05, 4.69) is 20.1 Å². The van der Waals surface area contributed by atoms with Gasteiger partial charge in [-0.1, -0.05) is 23.7 Å². The average Bonchev–Trinajstić information content (AvgIpc) is 3.20. The first kappa shape index (κ1) is 23.6. The van der Waals surface area contributed by atoms with Gasteiger partial charge in [0.25, 0.3) is 5.91 Å². The van der Waals surface area contributed by atoms with Gasteiger partial charge < -0.3 is 15.8 Å². The molecule has 0 saturated carbocycles. The first-order valence-corrected chi connectivity index (χ1v) is 10.7. The van der Waals surface area contributed by atoms with E-state index >= 15 is 0 Å². The number of H-pyrrole nitrogens is 2. The normalized spacial score (nSPS) is 12.7. The summed E-state index contributed by atoms with van der Waals surface area (Å²) >= 11 is 5.96. The lowest BCUT2D eigenvalue weighted by atomic mass is 10.2. The molecule has 180 valence electrons. The molecule has 2 heterocycles. The second kappa shape index (κ2) is 9.38. The second-order valence-electron chi connectivity index (χ2n) is 7.78. The van der Waals surface area contributed by atoms with E-state index in [1.54, 1.807) is 42.5 Å². The zero-order valence-electron chi connectivity index (χ0n) is 18.3. The molecule has 4 aromatic rings. The Morgan fingerprint density at radius 3 is 2.43 bits per heavy atom. The Kier molecular flexibility index (Phi) is 6.34. The molecule has 4 rings (SSSR count). The van der Waals surface area contributed by atoms with Gasteiger partial charge >= 0.3 is 17.1 Å². The van der Waals surface area contributed by atoms with Crippen molar-refractivity contribution in [2.24, 2.45) is 10.2 Å². The van der Waals surface area contributed by atoms with Crippen LogP contribution in [0, 0.1) is 4.91 Å². The van der Waals surface area contributed by atoms with Gasteiger partial charge in [-0.05, 0) is 42.8 Å². The number of imidazole rings is 1. The number of nitrogens with two attached hydrogens (primary N) is 1. The van der Waals surface area contributed by atoms with E-state index in [0.717, 1.165) is 9.13 Å². The fourth-order valence-electron chi connectivity index (χ4n) is 3.62. The van der Waals surface area contributed by atoms with Crippen LogP contribution in [0.5, 0.6) is 0 Å². The average molecular weight is 499 g/mol. The monoisotopic (exact) mass is 498 g/mol. The number of carbonyl (C=O) groups is 1. The third kappa shape index (κ3) is 4.75. The van der Waals surface area contributed by atoms with E-state index in [0.29, 0.717) is 32.0 Å². The molecule has 0 saturated heterocycles. The van der Waals surface area contributed by atoms with Crippen LogP contribution in [0.2, 0.25) is 5.02 Å². The Labute approximate surface area is 200 Å². The minimum absolute atomic E-state index is 0.0395. The number of hydrogen-bond donors (Lipinski definition) is 3. The molecule has 0 spiro atoms. The van der Waals surface area contributed by atoms with Crippen molar-refractivity contribution in [1.29, 1.82) is 0 Å². The number of benzene rings is 2. The molecule has 0 bridgehead atoms. The van der Waals surface area contributed by atoms with Crippen LogP contribution in [0.3, 0.4) is 0 Å². The molecule has 35 heavy (non-hydrogen) atoms. The molecule has 1 atom stereocenters. The van der Waals surface area contributed by atoms with Gasteiger partial charge in [0.2, 0.25) is 5.62 Å². The van der Waals surface area contributed by atoms with Gasteiger partial charge in [-0.3, -0.25) is 9.36 Å². The third-order valence-corrected chi connectivity index (χ3v) is 5.55. The molecule has 0 unspecified atom stereocenters. The Bertz CT molecular complexity index is 1690. The molecule has 14 heteroatoms. The van der Waals surface area contributed by atoms with Gasteiger partial charge in [-0.25, -0.2) is 23.9 Å². The number of carbonyl (C=O) groups excluding carboxylic acids is 1. The number of fused-ring (bicyclic) bond motifs is 1. The first-order valence-electron chi connectivity index (χ1n) is 10.3. The zero-order chi connectivity index (χ0) is 25.3. The Morgan fingerprint density at radius 1 is 1.06 bits per heavy atom. The molecule has 0 aliphatic rings. The van der Waals surface area contributed by atoms with Crippen molar-refractivity contribution in [1.82, 2.24) is 23.8 Å². The number of amides is 1. The summed E-state index contributed by atoms with van der Waals surface area (Å²) in [5, 5.41) is 2.82. The number of nitroso groups, excluding NO2 is 1. The summed E-state index contributed by atoms with van der Waals surface area (Å²) in [7, 11) is 0. The number of halogens is 1. The zero-order valence-corrected chi connectivity index (χ0v) is 19.0. The lowest BCUT2D eigenvalue weighted by Gasteiger charge is -2.17. The highest BCUT2D eigenvalue weighted by Crippen LogP contribution is 2.16. The standard InChI is InChI=1S/C21H19ClN8O5/c1-11(8-17(31)27-35)29-20(33)28(10-12-2-4-13(22)5-3-12)19(30(23)21(29)34)24-14-6-7-15-16(9-14)26-18(32)25-15/h2-7,9,11H,8,10,23H2,1H3,(H2,25,26,32)/b24-19-/t11-/m0/s1. The molecule has 2 aromatic carbocycles. The fourth-order valence-corrected chi connectivity index (χ4v) is 3.74. The summed E-state index contributed by atoms with van der Waals surface area (Å²) in [6.07, 6.45) is -0.465. The highest BCUT2D eigenvalue weighted by molar-refractivity contribution is 6.30. The SMILES string of the molecule is C[C@@H](CC(=O)N=O)n1c(=O)n(N)/c(=N\c2ccc3[nH]c(=O)[nH]c3c2)n(Cc2ccc(Cl)cc2)c1=O. The maximum absolute atomic E-state index is 13.4. The largest absolute Gasteiger partial charge is 0.354 e. The molecule has 0 radical (unpaired) electrons. The number of aromatic amines is 2. The first-order chi connectivity index (χ1) is 16.7. The van der Waals surface area contributed by atoms with Crippen LogP contribution in [-0.2, 0) is 11.3 Å². The summed E-state index contributed by atoms with van der Waals surface area (Å²) < 4.78 is 2.60. The van der Waals surface area contributed by atoms with Crippen molar-refractivity contribution in [3.63, 3.8) is 0 Å². The van der Waals surface area contributed by atoms with Crippen LogP contribution >= 0.6 is 11.6 Å². The van der Waals surface area contributed by atoms with Crippen molar-refractivity contribution in [3.05, 3.63) is 95.0 Å². The molecule has 1 amide bonds. The molecular weight excluding hydrogens is 480 g/mol. The molecule has 2 aromatic heterocycles. The maximum atomic E-state index is 13.4. The Balaban J connectivity index is 1.96. The molecule has 0 fully saturated rings. The van der Waals surface area contributed by atoms with Crippen molar-refractivity contribution in [2.75, 3.05) is 5.84 Å². The van der Waals surface area contributed by atoms with E-state index in [1.165, 1.54) is 6.92 Å². The van der Waals surface area contributed by atoms with Crippen molar-refractivity contribution < 1.29 is 4.79 Å².